The number of phenols is 1. The number of aromatic hydroxyl groups is 1. The van der Waals surface area contributed by atoms with E-state index >= 15 is 0 Å². The molecule has 0 spiro atoms. The lowest BCUT2D eigenvalue weighted by molar-refractivity contribution is 0.308. The molecule has 4 aromatic rings. The lowest BCUT2D eigenvalue weighted by atomic mass is 9.84. The Kier molecular flexibility index (Phi) is 7.09. The maximum atomic E-state index is 9.74. The number of nitrogens with zero attached hydrogens (tertiary/aromatic N) is 5. The summed E-state index contributed by atoms with van der Waals surface area (Å²) in [5.74, 6) is 0.342. The Bertz CT molecular complexity index is 1550. The number of hydrogen-bond donors (Lipinski definition) is 4. The Labute approximate surface area is 234 Å². The van der Waals surface area contributed by atoms with Crippen LogP contribution in [-0.4, -0.2) is 56.2 Å². The molecule has 1 aliphatic rings. The summed E-state index contributed by atoms with van der Waals surface area (Å²) in [5, 5.41) is 18.5. The molecule has 5 rings (SSSR count). The number of nitrogens with one attached hydrogen (secondary N) is 1. The zero-order chi connectivity index (χ0) is 28.1. The topological polar surface area (TPSA) is 122 Å². The van der Waals surface area contributed by atoms with Crippen LogP contribution in [0, 0.1) is 5.41 Å². The molecular formula is C29H37ClN8O. The van der Waals surface area contributed by atoms with Crippen molar-refractivity contribution in [2.24, 2.45) is 28.9 Å². The summed E-state index contributed by atoms with van der Waals surface area (Å²) in [6.07, 6.45) is 7.80. The molecule has 10 heteroatoms. The summed E-state index contributed by atoms with van der Waals surface area (Å²) in [7, 11) is 6.20. The summed E-state index contributed by atoms with van der Waals surface area (Å²) in [6, 6.07) is 9.20. The molecule has 1 aliphatic carbocycles. The van der Waals surface area contributed by atoms with Crippen molar-refractivity contribution in [2.75, 3.05) is 19.4 Å². The van der Waals surface area contributed by atoms with Crippen molar-refractivity contribution in [1.29, 1.82) is 0 Å². The number of benzene rings is 1. The van der Waals surface area contributed by atoms with Gasteiger partial charge in [0.1, 0.15) is 11.6 Å². The molecule has 2 unspecified atom stereocenters. The van der Waals surface area contributed by atoms with Crippen LogP contribution in [0.2, 0.25) is 5.02 Å². The van der Waals surface area contributed by atoms with Gasteiger partial charge >= 0.3 is 0 Å². The minimum atomic E-state index is -0.111. The first-order valence-electron chi connectivity index (χ1n) is 13.1. The number of fused-ring (bicyclic) bond motifs is 1. The zero-order valence-corrected chi connectivity index (χ0v) is 23.9. The fourth-order valence-corrected chi connectivity index (χ4v) is 5.58. The smallest absolute Gasteiger partial charge is 0.135 e. The molecule has 0 amide bonds. The molecule has 206 valence electrons. The molecule has 3 aromatic heterocycles. The van der Waals surface area contributed by atoms with E-state index in [9.17, 15) is 5.11 Å². The van der Waals surface area contributed by atoms with Gasteiger partial charge in [0, 0.05) is 61.0 Å². The molecule has 0 aliphatic heterocycles. The van der Waals surface area contributed by atoms with E-state index in [-0.39, 0.29) is 29.1 Å². The molecule has 0 saturated heterocycles. The van der Waals surface area contributed by atoms with Gasteiger partial charge in [0.05, 0.1) is 33.7 Å². The number of anilines is 1. The SMILES string of the molecule is CN(C)Cc1cc(-c2cc3c(NC4CCC(N)C4(C)C)c(/C(N)=N/c4ccc(O)cc4Cl)cnn3c2)cn1C. The summed E-state index contributed by atoms with van der Waals surface area (Å²) >= 11 is 6.33. The quantitative estimate of drug-likeness (QED) is 0.196. The Morgan fingerprint density at radius 3 is 2.62 bits per heavy atom. The monoisotopic (exact) mass is 548 g/mol. The van der Waals surface area contributed by atoms with E-state index < -0.39 is 0 Å². The van der Waals surface area contributed by atoms with Crippen molar-refractivity contribution < 1.29 is 5.11 Å². The van der Waals surface area contributed by atoms with Crippen LogP contribution in [-0.2, 0) is 13.6 Å². The van der Waals surface area contributed by atoms with Crippen molar-refractivity contribution in [3.63, 3.8) is 0 Å². The molecule has 0 radical (unpaired) electrons. The highest BCUT2D eigenvalue weighted by molar-refractivity contribution is 6.33. The first-order valence-corrected chi connectivity index (χ1v) is 13.5. The number of aromatic nitrogens is 3. The lowest BCUT2D eigenvalue weighted by Gasteiger charge is -2.32. The van der Waals surface area contributed by atoms with Crippen molar-refractivity contribution in [3.05, 3.63) is 65.2 Å². The molecule has 6 N–H and O–H groups in total. The molecule has 1 aromatic carbocycles. The van der Waals surface area contributed by atoms with Gasteiger partial charge in [0.25, 0.3) is 0 Å². The Morgan fingerprint density at radius 1 is 1.21 bits per heavy atom. The van der Waals surface area contributed by atoms with Crippen LogP contribution in [0.25, 0.3) is 16.6 Å². The van der Waals surface area contributed by atoms with Gasteiger partial charge in [-0.05, 0) is 56.6 Å². The number of nitrogens with two attached hydrogens (primary N) is 2. The summed E-state index contributed by atoms with van der Waals surface area (Å²) in [6.45, 7) is 5.25. The van der Waals surface area contributed by atoms with Gasteiger partial charge in [-0.1, -0.05) is 25.4 Å². The van der Waals surface area contributed by atoms with E-state index in [1.165, 1.54) is 17.8 Å². The molecule has 1 saturated carbocycles. The molecule has 0 bridgehead atoms. The van der Waals surface area contributed by atoms with Crippen molar-refractivity contribution >= 4 is 34.3 Å². The third kappa shape index (κ3) is 5.22. The van der Waals surface area contributed by atoms with Crippen LogP contribution in [0.15, 0.2) is 53.9 Å². The van der Waals surface area contributed by atoms with E-state index in [4.69, 9.17) is 28.2 Å². The van der Waals surface area contributed by atoms with Gasteiger partial charge in [-0.3, -0.25) is 0 Å². The third-order valence-corrected chi connectivity index (χ3v) is 8.25. The minimum Gasteiger partial charge on any atom is -0.508 e. The van der Waals surface area contributed by atoms with E-state index in [0.29, 0.717) is 16.3 Å². The number of amidine groups is 1. The number of halogens is 1. The Hall–Kier alpha value is -3.53. The first-order chi connectivity index (χ1) is 18.4. The number of hydrogen-bond acceptors (Lipinski definition) is 6. The second-order valence-corrected chi connectivity index (χ2v) is 11.8. The highest BCUT2D eigenvalue weighted by Gasteiger charge is 2.41. The average Bonchev–Trinajstić information content (AvgIpc) is 3.52. The minimum absolute atomic E-state index is 0.0677. The molecule has 1 fully saturated rings. The normalized spacial score (nSPS) is 19.3. The van der Waals surface area contributed by atoms with Gasteiger partial charge in [-0.25, -0.2) is 9.51 Å². The first kappa shape index (κ1) is 27.1. The van der Waals surface area contributed by atoms with Crippen LogP contribution >= 0.6 is 11.6 Å². The highest BCUT2D eigenvalue weighted by Crippen LogP contribution is 2.40. The van der Waals surface area contributed by atoms with Crippen molar-refractivity contribution in [3.8, 4) is 16.9 Å². The predicted octanol–water partition coefficient (Wildman–Crippen LogP) is 4.73. The summed E-state index contributed by atoms with van der Waals surface area (Å²) in [4.78, 5) is 6.75. The van der Waals surface area contributed by atoms with E-state index in [0.717, 1.165) is 41.7 Å². The zero-order valence-electron chi connectivity index (χ0n) is 23.1. The number of phenolic OH excluding ortho intramolecular Hbond substituents is 1. The van der Waals surface area contributed by atoms with E-state index in [2.05, 4.69) is 73.1 Å². The van der Waals surface area contributed by atoms with Crippen LogP contribution in [0.4, 0.5) is 11.4 Å². The lowest BCUT2D eigenvalue weighted by Crippen LogP contribution is -2.42. The van der Waals surface area contributed by atoms with Crippen molar-refractivity contribution in [1.82, 2.24) is 19.1 Å². The predicted molar refractivity (Wildman–Crippen MR) is 159 cm³/mol. The summed E-state index contributed by atoms with van der Waals surface area (Å²) < 4.78 is 4.03. The van der Waals surface area contributed by atoms with Gasteiger partial charge < -0.3 is 31.4 Å². The van der Waals surface area contributed by atoms with E-state index in [1.54, 1.807) is 12.3 Å². The van der Waals surface area contributed by atoms with Gasteiger partial charge in [0.15, 0.2) is 0 Å². The standard InChI is InChI=1S/C29H37ClN8O/c1-29(2)25(31)8-9-26(29)35-27-21(28(32)34-23-7-6-20(39)12-22(23)30)13-33-38-15-18(11-24(27)38)17-10-19(16-36(3)4)37(5)14-17/h6-7,10-15,25-26,35,39H,8-9,16,31H2,1-5H3,(H2,32,34). The fraction of sp³-hybridized carbons (Fsp3) is 0.379. The average molecular weight is 549 g/mol. The van der Waals surface area contributed by atoms with Crippen LogP contribution < -0.4 is 16.8 Å². The molecule has 2 atom stereocenters. The maximum Gasteiger partial charge on any atom is 0.135 e. The van der Waals surface area contributed by atoms with Crippen molar-refractivity contribution in [2.45, 2.75) is 45.3 Å². The third-order valence-electron chi connectivity index (χ3n) is 7.94. The summed E-state index contributed by atoms with van der Waals surface area (Å²) in [5.41, 5.74) is 19.2. The van der Waals surface area contributed by atoms with E-state index in [1.807, 2.05) is 10.7 Å². The number of aryl methyl sites for hydroxylation is 1. The second kappa shape index (κ2) is 10.2. The second-order valence-electron chi connectivity index (χ2n) is 11.4. The molecule has 39 heavy (non-hydrogen) atoms. The molecule has 9 nitrogen and oxygen atoms in total. The van der Waals surface area contributed by atoms with Gasteiger partial charge in [-0.2, -0.15) is 5.10 Å². The Morgan fingerprint density at radius 2 is 1.95 bits per heavy atom. The van der Waals surface area contributed by atoms with Gasteiger partial charge in [-0.15, -0.1) is 0 Å². The molecule has 3 heterocycles. The number of rotatable bonds is 7. The van der Waals surface area contributed by atoms with Crippen LogP contribution in [0.3, 0.4) is 0 Å². The van der Waals surface area contributed by atoms with Crippen LogP contribution in [0.1, 0.15) is 37.9 Å². The fourth-order valence-electron chi connectivity index (χ4n) is 5.37. The van der Waals surface area contributed by atoms with Crippen LogP contribution in [0.5, 0.6) is 5.75 Å². The number of aliphatic imine (C=N–C) groups is 1. The largest absolute Gasteiger partial charge is 0.508 e. The highest BCUT2D eigenvalue weighted by atomic mass is 35.5. The Balaban J connectivity index is 1.62. The maximum absolute atomic E-state index is 9.74. The van der Waals surface area contributed by atoms with Gasteiger partial charge in [0.2, 0.25) is 0 Å². The molecular weight excluding hydrogens is 512 g/mol.